The summed E-state index contributed by atoms with van der Waals surface area (Å²) in [5.41, 5.74) is 8.54. The lowest BCUT2D eigenvalue weighted by Gasteiger charge is -2.44. The summed E-state index contributed by atoms with van der Waals surface area (Å²) in [6.07, 6.45) is 0. The number of nitrogens with two attached hydrogens (primary N) is 1. The number of nitrogens with one attached hydrogen (secondary N) is 1. The van der Waals surface area contributed by atoms with Crippen molar-refractivity contribution in [3.05, 3.63) is 12.1 Å². The third kappa shape index (κ3) is 2.51. The highest BCUT2D eigenvalue weighted by atomic mass is 16.5. The molecule has 3 rings (SSSR count). The molecule has 0 bridgehead atoms. The molecule has 0 spiro atoms. The topological polar surface area (TPSA) is 70.8 Å². The maximum absolute atomic E-state index is 11.5. The number of hydrogen-bond acceptors (Lipinski definition) is 5. The number of fused-ring (bicyclic) bond motifs is 1. The Morgan fingerprint density at radius 3 is 2.62 bits per heavy atom. The molecule has 1 aromatic carbocycles. The number of amides is 1. The van der Waals surface area contributed by atoms with E-state index in [-0.39, 0.29) is 12.5 Å². The minimum atomic E-state index is -0.127. The molecule has 0 aromatic heterocycles. The third-order valence-corrected chi connectivity index (χ3v) is 4.46. The summed E-state index contributed by atoms with van der Waals surface area (Å²) in [7, 11) is 2.15. The average Bonchev–Trinajstić information content (AvgIpc) is 2.44. The molecule has 2 aliphatic rings. The Morgan fingerprint density at radius 1 is 1.29 bits per heavy atom. The Morgan fingerprint density at radius 2 is 1.95 bits per heavy atom. The van der Waals surface area contributed by atoms with Crippen LogP contribution in [0.2, 0.25) is 0 Å². The van der Waals surface area contributed by atoms with Gasteiger partial charge in [0.25, 0.3) is 5.91 Å². The van der Waals surface area contributed by atoms with Gasteiger partial charge in [-0.25, -0.2) is 0 Å². The van der Waals surface area contributed by atoms with Crippen molar-refractivity contribution in [1.29, 1.82) is 0 Å². The van der Waals surface area contributed by atoms with E-state index in [1.54, 1.807) is 6.07 Å². The molecule has 1 aromatic rings. The maximum atomic E-state index is 11.5. The van der Waals surface area contributed by atoms with Gasteiger partial charge in [-0.15, -0.1) is 0 Å². The SMILES string of the molecule is CC1CN(c2cc3c(cc2N)OCC(=O)N3)CC(C)N1C. The van der Waals surface area contributed by atoms with Gasteiger partial charge in [0.1, 0.15) is 5.75 Å². The zero-order valence-corrected chi connectivity index (χ0v) is 12.7. The fourth-order valence-corrected chi connectivity index (χ4v) is 3.01. The first kappa shape index (κ1) is 14.0. The van der Waals surface area contributed by atoms with Gasteiger partial charge < -0.3 is 20.7 Å². The van der Waals surface area contributed by atoms with Gasteiger partial charge in [0, 0.05) is 31.2 Å². The van der Waals surface area contributed by atoms with Gasteiger partial charge >= 0.3 is 0 Å². The zero-order valence-electron chi connectivity index (χ0n) is 12.7. The van der Waals surface area contributed by atoms with Crippen LogP contribution in [-0.4, -0.2) is 49.6 Å². The van der Waals surface area contributed by atoms with E-state index >= 15 is 0 Å². The molecule has 114 valence electrons. The lowest BCUT2D eigenvalue weighted by Crippen LogP contribution is -2.55. The quantitative estimate of drug-likeness (QED) is 0.759. The van der Waals surface area contributed by atoms with Crippen LogP contribution in [0.15, 0.2) is 12.1 Å². The molecular formula is C15H22N4O2. The standard InChI is InChI=1S/C15H22N4O2/c1-9-6-19(7-10(2)18(9)3)13-5-12-14(4-11(13)16)21-8-15(20)17-12/h4-5,9-10H,6-8,16H2,1-3H3,(H,17,20). The fraction of sp³-hybridized carbons (Fsp3) is 0.533. The molecule has 0 saturated carbocycles. The first-order chi connectivity index (χ1) is 9.95. The summed E-state index contributed by atoms with van der Waals surface area (Å²) >= 11 is 0. The van der Waals surface area contributed by atoms with Crippen molar-refractivity contribution in [2.45, 2.75) is 25.9 Å². The lowest BCUT2D eigenvalue weighted by molar-refractivity contribution is -0.118. The first-order valence-electron chi connectivity index (χ1n) is 7.28. The average molecular weight is 290 g/mol. The summed E-state index contributed by atoms with van der Waals surface area (Å²) in [5.74, 6) is 0.518. The molecule has 2 heterocycles. The molecule has 1 saturated heterocycles. The second kappa shape index (κ2) is 5.11. The van der Waals surface area contributed by atoms with Gasteiger partial charge in [0.15, 0.2) is 6.61 Å². The summed E-state index contributed by atoms with van der Waals surface area (Å²) in [5, 5.41) is 2.84. The van der Waals surface area contributed by atoms with Crippen LogP contribution >= 0.6 is 0 Å². The van der Waals surface area contributed by atoms with Crippen LogP contribution in [-0.2, 0) is 4.79 Å². The van der Waals surface area contributed by atoms with Gasteiger partial charge in [-0.1, -0.05) is 0 Å². The van der Waals surface area contributed by atoms with E-state index in [1.165, 1.54) is 0 Å². The van der Waals surface area contributed by atoms with Crippen molar-refractivity contribution < 1.29 is 9.53 Å². The summed E-state index contributed by atoms with van der Waals surface area (Å²) in [6, 6.07) is 4.63. The molecule has 2 atom stereocenters. The number of nitrogen functional groups attached to an aromatic ring is 1. The minimum absolute atomic E-state index is 0.0500. The smallest absolute Gasteiger partial charge is 0.262 e. The first-order valence-corrected chi connectivity index (χ1v) is 7.28. The molecule has 0 aliphatic carbocycles. The van der Waals surface area contributed by atoms with Gasteiger partial charge in [0.2, 0.25) is 0 Å². The summed E-state index contributed by atoms with van der Waals surface area (Å²) < 4.78 is 5.40. The zero-order chi connectivity index (χ0) is 15.1. The Labute approximate surface area is 124 Å². The van der Waals surface area contributed by atoms with Gasteiger partial charge in [0.05, 0.1) is 17.1 Å². The second-order valence-electron chi connectivity index (χ2n) is 6.01. The molecule has 6 nitrogen and oxygen atoms in total. The van der Waals surface area contributed by atoms with Crippen molar-refractivity contribution >= 4 is 23.0 Å². The molecule has 21 heavy (non-hydrogen) atoms. The van der Waals surface area contributed by atoms with Crippen LogP contribution in [0.4, 0.5) is 17.1 Å². The van der Waals surface area contributed by atoms with Gasteiger partial charge in [-0.05, 0) is 27.0 Å². The molecule has 1 amide bonds. The van der Waals surface area contributed by atoms with Crippen LogP contribution in [0.1, 0.15) is 13.8 Å². The highest BCUT2D eigenvalue weighted by Gasteiger charge is 2.28. The third-order valence-electron chi connectivity index (χ3n) is 4.46. The minimum Gasteiger partial charge on any atom is -0.482 e. The van der Waals surface area contributed by atoms with E-state index in [9.17, 15) is 4.79 Å². The number of hydrogen-bond donors (Lipinski definition) is 2. The summed E-state index contributed by atoms with van der Waals surface area (Å²) in [6.45, 7) is 6.30. The van der Waals surface area contributed by atoms with E-state index in [1.807, 2.05) is 6.07 Å². The number of nitrogens with zero attached hydrogens (tertiary/aromatic N) is 2. The van der Waals surface area contributed by atoms with Crippen LogP contribution in [0, 0.1) is 0 Å². The number of benzene rings is 1. The molecule has 6 heteroatoms. The van der Waals surface area contributed by atoms with Crippen LogP contribution in [0.5, 0.6) is 5.75 Å². The predicted molar refractivity (Wildman–Crippen MR) is 83.9 cm³/mol. The molecule has 0 radical (unpaired) electrons. The van der Waals surface area contributed by atoms with Crippen molar-refractivity contribution in [1.82, 2.24) is 4.90 Å². The van der Waals surface area contributed by atoms with E-state index in [0.29, 0.717) is 29.2 Å². The van der Waals surface area contributed by atoms with E-state index < -0.39 is 0 Å². The molecule has 3 N–H and O–H groups in total. The number of ether oxygens (including phenoxy) is 1. The number of carbonyl (C=O) groups is 1. The van der Waals surface area contributed by atoms with E-state index in [0.717, 1.165) is 18.8 Å². The lowest BCUT2D eigenvalue weighted by atomic mass is 10.1. The predicted octanol–water partition coefficient (Wildman–Crippen LogP) is 1.13. The molecular weight excluding hydrogens is 268 g/mol. The van der Waals surface area contributed by atoms with E-state index in [2.05, 4.69) is 36.0 Å². The van der Waals surface area contributed by atoms with Gasteiger partial charge in [-0.3, -0.25) is 9.69 Å². The number of piperazine rings is 1. The maximum Gasteiger partial charge on any atom is 0.262 e. The molecule has 2 aliphatic heterocycles. The van der Waals surface area contributed by atoms with Crippen molar-refractivity contribution in [2.75, 3.05) is 42.7 Å². The number of likely N-dealkylation sites (N-methyl/N-ethyl adjacent to an activating group) is 1. The molecule has 2 unspecified atom stereocenters. The normalized spacial score (nSPS) is 26.0. The van der Waals surface area contributed by atoms with Gasteiger partial charge in [-0.2, -0.15) is 0 Å². The Hall–Kier alpha value is -1.95. The Kier molecular flexibility index (Phi) is 3.41. The Balaban J connectivity index is 1.92. The monoisotopic (exact) mass is 290 g/mol. The number of carbonyl (C=O) groups excluding carboxylic acids is 1. The van der Waals surface area contributed by atoms with Crippen LogP contribution in [0.3, 0.4) is 0 Å². The second-order valence-corrected chi connectivity index (χ2v) is 6.01. The van der Waals surface area contributed by atoms with Crippen molar-refractivity contribution in [2.24, 2.45) is 0 Å². The van der Waals surface area contributed by atoms with E-state index in [4.69, 9.17) is 10.5 Å². The van der Waals surface area contributed by atoms with Crippen LogP contribution < -0.4 is 20.7 Å². The fourth-order valence-electron chi connectivity index (χ4n) is 3.01. The highest BCUT2D eigenvalue weighted by Crippen LogP contribution is 2.38. The largest absolute Gasteiger partial charge is 0.482 e. The van der Waals surface area contributed by atoms with Crippen molar-refractivity contribution in [3.63, 3.8) is 0 Å². The molecule has 1 fully saturated rings. The van der Waals surface area contributed by atoms with Crippen LogP contribution in [0.25, 0.3) is 0 Å². The summed E-state index contributed by atoms with van der Waals surface area (Å²) in [4.78, 5) is 16.1. The highest BCUT2D eigenvalue weighted by molar-refractivity contribution is 5.97. The Bertz CT molecular complexity index is 563. The number of anilines is 3. The number of rotatable bonds is 1. The van der Waals surface area contributed by atoms with Crippen molar-refractivity contribution in [3.8, 4) is 5.75 Å².